The standard InChI is InChI=1S/C26H26Cl2N4O22S6.4Na/c27-18-22-25(19(28)21-24(18)53-16-11-13(1-2-14(16)31-21)29-3-5-49-57(37,38)39)54-23-15(32-22)12-17(55(33,34)9-7-51-59(43,44)45)20(30-4-6-50-58(40,41)42)26(23)56(35,36)10-8-52-60(46,47)48;;;;/h1-2,11-12,29,31H,3-10H2,(H,37,38,39)(H,40,41,42)(H,43,44,45)(H,46,47,48);;;;/q;4*+1/p-4. The van der Waals surface area contributed by atoms with Crippen LogP contribution < -0.4 is 139 Å². The Morgan fingerprint density at radius 3 is 1.80 bits per heavy atom. The Kier molecular flexibility index (Phi) is 23.9. The van der Waals surface area contributed by atoms with E-state index in [-0.39, 0.29) is 148 Å². The van der Waals surface area contributed by atoms with Crippen LogP contribution >= 0.6 is 23.2 Å². The summed E-state index contributed by atoms with van der Waals surface area (Å²) in [5.74, 6) is -3.81. The van der Waals surface area contributed by atoms with Crippen molar-refractivity contribution >= 4 is 113 Å². The van der Waals surface area contributed by atoms with Gasteiger partial charge in [0, 0.05) is 18.3 Å². The molecule has 1 aliphatic carbocycles. The zero-order valence-electron chi connectivity index (χ0n) is 33.0. The molecule has 0 amide bonds. The molecule has 38 heteroatoms. The summed E-state index contributed by atoms with van der Waals surface area (Å²) < 4.78 is 215. The normalized spacial score (nSPS) is 13.2. The molecule has 0 radical (unpaired) electrons. The van der Waals surface area contributed by atoms with Gasteiger partial charge in [0.1, 0.15) is 31.8 Å². The number of halogens is 2. The SMILES string of the molecule is O=S(=O)([O-])OCCN=c1c(S(=O)(=O)CCOS(=O)(=O)[O-])cc2nc3c(Cl)c4c(c(Cl)c3oc-2c1S(=O)(=O)CCOS(=O)(=O)[O-])Nc1ccc(NCCOS(=O)(=O)[O-])cc1O4.[Na+].[Na+].[Na+].[Na+]. The molecule has 2 heterocycles. The third kappa shape index (κ3) is 17.1. The van der Waals surface area contributed by atoms with Crippen molar-refractivity contribution in [3.05, 3.63) is 39.7 Å². The summed E-state index contributed by atoms with van der Waals surface area (Å²) in [6, 6.07) is 4.99. The monoisotopic (exact) mass is 1100 g/mol. The first-order valence-corrected chi connectivity index (χ1v) is 25.0. The van der Waals surface area contributed by atoms with Crippen molar-refractivity contribution < 1.29 is 213 Å². The van der Waals surface area contributed by atoms with E-state index in [1.165, 1.54) is 18.2 Å². The average Bonchev–Trinajstić information content (AvgIpc) is 3.10. The first-order valence-electron chi connectivity index (χ1n) is 15.6. The van der Waals surface area contributed by atoms with Crippen LogP contribution in [0, 0.1) is 0 Å². The molecule has 0 fully saturated rings. The Bertz CT molecular complexity index is 3110. The van der Waals surface area contributed by atoms with Gasteiger partial charge in [0.15, 0.2) is 42.5 Å². The minimum Gasteiger partial charge on any atom is -0.726 e. The van der Waals surface area contributed by atoms with Gasteiger partial charge in [-0.15, -0.1) is 0 Å². The van der Waals surface area contributed by atoms with Crippen LogP contribution in [0.4, 0.5) is 17.1 Å². The van der Waals surface area contributed by atoms with Crippen LogP contribution in [0.25, 0.3) is 22.6 Å². The molecule has 2 aliphatic heterocycles. The molecule has 3 aliphatic rings. The van der Waals surface area contributed by atoms with Crippen LogP contribution in [-0.4, -0.2) is 125 Å². The molecule has 64 heavy (non-hydrogen) atoms. The van der Waals surface area contributed by atoms with E-state index in [1.807, 2.05) is 0 Å². The second-order valence-corrected chi connectivity index (χ2v) is 20.5. The van der Waals surface area contributed by atoms with Gasteiger partial charge in [0.2, 0.25) is 41.6 Å². The number of nitrogens with one attached hydrogen (secondary N) is 2. The zero-order valence-corrected chi connectivity index (χ0v) is 47.5. The largest absolute Gasteiger partial charge is 1.00 e. The minimum absolute atomic E-state index is 0. The number of rotatable bonds is 19. The number of anilines is 3. The molecule has 0 spiro atoms. The summed E-state index contributed by atoms with van der Waals surface area (Å²) in [6.45, 7) is -5.45. The molecule has 0 saturated heterocycles. The van der Waals surface area contributed by atoms with E-state index in [9.17, 15) is 68.7 Å². The van der Waals surface area contributed by atoms with Gasteiger partial charge >= 0.3 is 118 Å². The van der Waals surface area contributed by atoms with Crippen molar-refractivity contribution in [2.24, 2.45) is 4.99 Å². The molecule has 0 saturated carbocycles. The fourth-order valence-electron chi connectivity index (χ4n) is 5.11. The van der Waals surface area contributed by atoms with Crippen LogP contribution in [0.3, 0.4) is 0 Å². The van der Waals surface area contributed by atoms with Crippen molar-refractivity contribution in [2.45, 2.75) is 9.79 Å². The molecule has 2 N–H and O–H groups in total. The van der Waals surface area contributed by atoms with Crippen molar-refractivity contribution in [1.29, 1.82) is 0 Å². The maximum absolute atomic E-state index is 14.0. The number of hydrogen-bond donors (Lipinski definition) is 2. The minimum atomic E-state index is -5.50. The van der Waals surface area contributed by atoms with Crippen molar-refractivity contribution in [2.75, 3.05) is 61.7 Å². The van der Waals surface area contributed by atoms with Crippen LogP contribution in [0.1, 0.15) is 0 Å². The average molecular weight is 1100 g/mol. The van der Waals surface area contributed by atoms with Crippen LogP contribution in [0.15, 0.2) is 43.5 Å². The summed E-state index contributed by atoms with van der Waals surface area (Å²) in [5, 5.41) is 3.80. The van der Waals surface area contributed by atoms with Gasteiger partial charge in [-0.1, -0.05) is 23.2 Å². The molecule has 332 valence electrons. The van der Waals surface area contributed by atoms with Crippen LogP contribution in [0.5, 0.6) is 11.5 Å². The predicted octanol–water partition coefficient (Wildman–Crippen LogP) is -12.1. The molecule has 0 unspecified atom stereocenters. The van der Waals surface area contributed by atoms with E-state index in [0.717, 1.165) is 0 Å². The molecular weight excluding hydrogens is 1080 g/mol. The first-order chi connectivity index (χ1) is 27.6. The number of sulfone groups is 2. The summed E-state index contributed by atoms with van der Waals surface area (Å²) in [4.78, 5) is 5.69. The smallest absolute Gasteiger partial charge is 0.726 e. The quantitative estimate of drug-likeness (QED) is 0.0255. The summed E-state index contributed by atoms with van der Waals surface area (Å²) in [6.07, 6.45) is 0. The summed E-state index contributed by atoms with van der Waals surface area (Å²) in [7, 11) is -31.5. The fraction of sp³-hybridized carbons (Fsp3) is 0.308. The molecular formula is C26H22Cl2N4Na4O22S6. The topological polar surface area (TPSA) is 406 Å². The maximum atomic E-state index is 14.0. The molecule has 2 aromatic carbocycles. The third-order valence-electron chi connectivity index (χ3n) is 7.37. The molecule has 26 nitrogen and oxygen atoms in total. The Morgan fingerprint density at radius 1 is 0.703 bits per heavy atom. The Morgan fingerprint density at radius 2 is 1.23 bits per heavy atom. The summed E-state index contributed by atoms with van der Waals surface area (Å²) >= 11 is 13.4. The van der Waals surface area contributed by atoms with E-state index in [2.05, 4.69) is 37.3 Å². The first kappa shape index (κ1) is 62.4. The van der Waals surface area contributed by atoms with E-state index >= 15 is 0 Å². The van der Waals surface area contributed by atoms with Crippen molar-refractivity contribution in [1.82, 2.24) is 4.98 Å². The van der Waals surface area contributed by atoms with Gasteiger partial charge in [0.25, 0.3) is 0 Å². The summed E-state index contributed by atoms with van der Waals surface area (Å²) in [5.41, 5.74) is -1.16. The van der Waals surface area contributed by atoms with Gasteiger partial charge in [-0.05, 0) is 18.2 Å². The second-order valence-electron chi connectivity index (χ2n) is 11.4. The molecule has 5 rings (SSSR count). The van der Waals surface area contributed by atoms with Crippen LogP contribution in [-0.2, 0) is 78.0 Å². The molecule has 0 bridgehead atoms. The Hall–Kier alpha value is 0.420. The van der Waals surface area contributed by atoms with E-state index < -0.39 is 153 Å². The number of aromatic nitrogens is 1. The van der Waals surface area contributed by atoms with Gasteiger partial charge in [0.05, 0.1) is 60.4 Å². The molecule has 0 atom stereocenters. The van der Waals surface area contributed by atoms with E-state index in [0.29, 0.717) is 11.8 Å². The third-order valence-corrected chi connectivity index (χ3v) is 13.3. The van der Waals surface area contributed by atoms with E-state index in [4.69, 9.17) is 32.4 Å². The van der Waals surface area contributed by atoms with Crippen LogP contribution in [0.2, 0.25) is 10.0 Å². The zero-order chi connectivity index (χ0) is 44.6. The molecule has 2 aromatic rings. The number of nitrogens with zero attached hydrogens (tertiary/aromatic N) is 2. The Balaban J connectivity index is 0.00000512. The second kappa shape index (κ2) is 24.5. The van der Waals surface area contributed by atoms with Gasteiger partial charge in [-0.3, -0.25) is 21.7 Å². The van der Waals surface area contributed by atoms with E-state index in [1.54, 1.807) is 0 Å². The fourth-order valence-corrected chi connectivity index (χ4v) is 9.73. The van der Waals surface area contributed by atoms with Gasteiger partial charge < -0.3 is 38.0 Å². The van der Waals surface area contributed by atoms with Crippen molar-refractivity contribution in [3.63, 3.8) is 0 Å². The number of benzene rings is 3. The van der Waals surface area contributed by atoms with Gasteiger partial charge in [-0.25, -0.2) is 55.5 Å². The molecule has 0 aromatic heterocycles. The maximum Gasteiger partial charge on any atom is 1.00 e. The predicted molar refractivity (Wildman–Crippen MR) is 196 cm³/mol. The van der Waals surface area contributed by atoms with Gasteiger partial charge in [-0.2, -0.15) is 0 Å². The number of ether oxygens (including phenoxy) is 1. The number of fused-ring (bicyclic) bond motifs is 4. The van der Waals surface area contributed by atoms with Crippen molar-refractivity contribution in [3.8, 4) is 23.0 Å². The number of hydrogen-bond acceptors (Lipinski definition) is 26. The Labute approximate surface area is 463 Å².